The third-order valence-corrected chi connectivity index (χ3v) is 4.47. The number of hydrogen-bond acceptors (Lipinski definition) is 2. The van der Waals surface area contributed by atoms with Crippen LogP contribution in [-0.4, -0.2) is 30.6 Å². The first-order valence-corrected chi connectivity index (χ1v) is 8.65. The van der Waals surface area contributed by atoms with E-state index in [1.807, 2.05) is 0 Å². The number of nitrogens with one attached hydrogen (secondary N) is 2. The van der Waals surface area contributed by atoms with Gasteiger partial charge in [-0.05, 0) is 49.9 Å². The molecule has 8 heteroatoms. The van der Waals surface area contributed by atoms with Crippen molar-refractivity contribution >= 4 is 11.8 Å². The first-order valence-electron chi connectivity index (χ1n) is 8.65. The second kappa shape index (κ2) is 9.00. The van der Waals surface area contributed by atoms with Crippen molar-refractivity contribution in [1.29, 1.82) is 0 Å². The van der Waals surface area contributed by atoms with Gasteiger partial charge in [0, 0.05) is 24.6 Å². The van der Waals surface area contributed by atoms with E-state index in [0.717, 1.165) is 0 Å². The van der Waals surface area contributed by atoms with E-state index in [4.69, 9.17) is 0 Å². The molecule has 4 nitrogen and oxygen atoms in total. The van der Waals surface area contributed by atoms with Crippen molar-refractivity contribution in [3.63, 3.8) is 0 Å². The van der Waals surface area contributed by atoms with E-state index in [1.165, 1.54) is 24.3 Å². The topological polar surface area (TPSA) is 58.2 Å². The van der Waals surface area contributed by atoms with E-state index < -0.39 is 24.0 Å². The van der Waals surface area contributed by atoms with Crippen LogP contribution in [0.2, 0.25) is 0 Å². The Morgan fingerprint density at radius 1 is 1.12 bits per heavy atom. The number of carbonyl (C=O) groups is 2. The fourth-order valence-electron chi connectivity index (χ4n) is 3.07. The van der Waals surface area contributed by atoms with Gasteiger partial charge in [-0.1, -0.05) is 6.42 Å². The first-order chi connectivity index (χ1) is 12.3. The van der Waals surface area contributed by atoms with Gasteiger partial charge in [0.15, 0.2) is 0 Å². The summed E-state index contributed by atoms with van der Waals surface area (Å²) in [5.41, 5.74) is 0.316. The summed E-state index contributed by atoms with van der Waals surface area (Å²) in [7, 11) is 0. The summed E-state index contributed by atoms with van der Waals surface area (Å²) >= 11 is 0. The van der Waals surface area contributed by atoms with Crippen LogP contribution < -0.4 is 10.6 Å². The fourth-order valence-corrected chi connectivity index (χ4v) is 3.07. The number of hydrogen-bond donors (Lipinski definition) is 2. The standard InChI is InChI=1S/C18H22F4N2O2/c19-14-8-6-12(7-9-14)17(26)23-10-2-5-16(25)24-15-4-1-3-13(11-15)18(20,21)22/h6-9,13,15H,1-5,10-11H2,(H,23,26)(H,24,25). The van der Waals surface area contributed by atoms with Crippen LogP contribution in [0, 0.1) is 11.7 Å². The Bertz CT molecular complexity index is 617. The second-order valence-electron chi connectivity index (χ2n) is 6.54. The van der Waals surface area contributed by atoms with Crippen molar-refractivity contribution in [2.75, 3.05) is 6.54 Å². The van der Waals surface area contributed by atoms with Crippen LogP contribution in [0.1, 0.15) is 48.9 Å². The Kier molecular flexibility index (Phi) is 6.99. The van der Waals surface area contributed by atoms with Gasteiger partial charge >= 0.3 is 6.18 Å². The average Bonchev–Trinajstić information content (AvgIpc) is 2.58. The van der Waals surface area contributed by atoms with Gasteiger partial charge in [0.05, 0.1) is 5.92 Å². The lowest BCUT2D eigenvalue weighted by Gasteiger charge is -2.31. The highest BCUT2D eigenvalue weighted by molar-refractivity contribution is 5.94. The molecule has 2 rings (SSSR count). The van der Waals surface area contributed by atoms with Gasteiger partial charge in [0.25, 0.3) is 5.91 Å². The van der Waals surface area contributed by atoms with E-state index in [1.54, 1.807) is 0 Å². The van der Waals surface area contributed by atoms with Crippen molar-refractivity contribution in [1.82, 2.24) is 10.6 Å². The third kappa shape index (κ3) is 6.31. The molecule has 1 aromatic carbocycles. The number of halogens is 4. The third-order valence-electron chi connectivity index (χ3n) is 4.47. The molecule has 0 radical (unpaired) electrons. The maximum Gasteiger partial charge on any atom is 0.391 e. The monoisotopic (exact) mass is 374 g/mol. The lowest BCUT2D eigenvalue weighted by Crippen LogP contribution is -2.41. The van der Waals surface area contributed by atoms with Gasteiger partial charge in [-0.2, -0.15) is 13.2 Å². The molecule has 1 aliphatic carbocycles. The van der Waals surface area contributed by atoms with Crippen LogP contribution in [-0.2, 0) is 4.79 Å². The Balaban J connectivity index is 1.66. The zero-order valence-electron chi connectivity index (χ0n) is 14.2. The quantitative estimate of drug-likeness (QED) is 0.591. The van der Waals surface area contributed by atoms with E-state index in [0.29, 0.717) is 24.8 Å². The minimum Gasteiger partial charge on any atom is -0.353 e. The fraction of sp³-hybridized carbons (Fsp3) is 0.556. The van der Waals surface area contributed by atoms with Crippen molar-refractivity contribution in [2.24, 2.45) is 5.92 Å². The lowest BCUT2D eigenvalue weighted by molar-refractivity contribution is -0.184. The SMILES string of the molecule is O=C(CCCNC(=O)c1ccc(F)cc1)NC1CCCC(C(F)(F)F)C1. The molecule has 2 unspecified atom stereocenters. The predicted octanol–water partition coefficient (Wildman–Crippen LogP) is 3.57. The Hall–Kier alpha value is -2.12. The van der Waals surface area contributed by atoms with Crippen LogP contribution >= 0.6 is 0 Å². The van der Waals surface area contributed by atoms with Crippen molar-refractivity contribution < 1.29 is 27.2 Å². The van der Waals surface area contributed by atoms with E-state index in [9.17, 15) is 27.2 Å². The Labute approximate surface area is 149 Å². The minimum absolute atomic E-state index is 0.0729. The molecule has 0 heterocycles. The highest BCUT2D eigenvalue weighted by Crippen LogP contribution is 2.37. The number of benzene rings is 1. The van der Waals surface area contributed by atoms with Crippen molar-refractivity contribution in [3.8, 4) is 0 Å². The largest absolute Gasteiger partial charge is 0.391 e. The van der Waals surface area contributed by atoms with E-state index in [2.05, 4.69) is 10.6 Å². The molecular formula is C18H22F4N2O2. The summed E-state index contributed by atoms with van der Waals surface area (Å²) in [5.74, 6) is -2.47. The molecule has 0 saturated heterocycles. The zero-order chi connectivity index (χ0) is 19.2. The van der Waals surface area contributed by atoms with Gasteiger partial charge in [0.2, 0.25) is 5.91 Å². The number of rotatable bonds is 6. The van der Waals surface area contributed by atoms with Crippen molar-refractivity contribution in [3.05, 3.63) is 35.6 Å². The molecule has 144 valence electrons. The first kappa shape index (κ1) is 20.2. The van der Waals surface area contributed by atoms with E-state index in [-0.39, 0.29) is 37.6 Å². The van der Waals surface area contributed by atoms with Gasteiger partial charge in [-0.3, -0.25) is 9.59 Å². The molecular weight excluding hydrogens is 352 g/mol. The molecule has 1 saturated carbocycles. The van der Waals surface area contributed by atoms with Gasteiger partial charge in [0.1, 0.15) is 5.82 Å². The molecule has 2 N–H and O–H groups in total. The Morgan fingerprint density at radius 3 is 2.46 bits per heavy atom. The van der Waals surface area contributed by atoms with Gasteiger partial charge in [-0.25, -0.2) is 4.39 Å². The maximum atomic E-state index is 12.8. The summed E-state index contributed by atoms with van der Waals surface area (Å²) in [6, 6.07) is 4.63. The van der Waals surface area contributed by atoms with Crippen LogP contribution in [0.5, 0.6) is 0 Å². The molecule has 0 spiro atoms. The summed E-state index contributed by atoms with van der Waals surface area (Å²) < 4.78 is 51.1. The predicted molar refractivity (Wildman–Crippen MR) is 87.9 cm³/mol. The second-order valence-corrected chi connectivity index (χ2v) is 6.54. The highest BCUT2D eigenvalue weighted by Gasteiger charge is 2.42. The summed E-state index contributed by atoms with van der Waals surface area (Å²) in [6.07, 6.45) is -2.68. The van der Waals surface area contributed by atoms with Crippen LogP contribution in [0.15, 0.2) is 24.3 Å². The molecule has 1 aromatic rings. The number of carbonyl (C=O) groups excluding carboxylic acids is 2. The van der Waals surface area contributed by atoms with Crippen LogP contribution in [0.25, 0.3) is 0 Å². The van der Waals surface area contributed by atoms with Gasteiger partial charge in [-0.15, -0.1) is 0 Å². The molecule has 1 aliphatic rings. The maximum absolute atomic E-state index is 12.8. The molecule has 26 heavy (non-hydrogen) atoms. The van der Waals surface area contributed by atoms with Gasteiger partial charge < -0.3 is 10.6 Å². The highest BCUT2D eigenvalue weighted by atomic mass is 19.4. The summed E-state index contributed by atoms with van der Waals surface area (Å²) in [6.45, 7) is 0.249. The van der Waals surface area contributed by atoms with Crippen LogP contribution in [0.3, 0.4) is 0 Å². The summed E-state index contributed by atoms with van der Waals surface area (Å²) in [5, 5.41) is 5.27. The molecule has 0 bridgehead atoms. The molecule has 0 aromatic heterocycles. The summed E-state index contributed by atoms with van der Waals surface area (Å²) in [4.78, 5) is 23.7. The lowest BCUT2D eigenvalue weighted by atomic mass is 9.85. The Morgan fingerprint density at radius 2 is 1.81 bits per heavy atom. The molecule has 2 atom stereocenters. The van der Waals surface area contributed by atoms with Crippen LogP contribution in [0.4, 0.5) is 17.6 Å². The minimum atomic E-state index is -4.21. The normalized spacial score (nSPS) is 20.5. The molecule has 0 aliphatic heterocycles. The van der Waals surface area contributed by atoms with E-state index >= 15 is 0 Å². The smallest absolute Gasteiger partial charge is 0.353 e. The zero-order valence-corrected chi connectivity index (χ0v) is 14.2. The molecule has 2 amide bonds. The van der Waals surface area contributed by atoms with Crippen molar-refractivity contribution in [2.45, 2.75) is 50.7 Å². The average molecular weight is 374 g/mol. The number of alkyl halides is 3. The molecule has 1 fully saturated rings. The number of amides is 2.